The Bertz CT molecular complexity index is 752. The lowest BCUT2D eigenvalue weighted by molar-refractivity contribution is 0.323. The van der Waals surface area contributed by atoms with Gasteiger partial charge in [0.05, 0.1) is 11.0 Å². The highest BCUT2D eigenvalue weighted by Gasteiger charge is 2.18. The van der Waals surface area contributed by atoms with E-state index < -0.39 is 0 Å². The standard InChI is InChI=1S/C20H22N2/c1-3-9-16(10-4-1)15-22-19-14-8-7-13-18(19)21-20(22)17-11-5-2-6-12-17/h2,5-8,11-14,16H,1,3-4,9-10,15H2. The third-order valence-corrected chi connectivity index (χ3v) is 4.85. The van der Waals surface area contributed by atoms with E-state index in [9.17, 15) is 0 Å². The average molecular weight is 290 g/mol. The highest BCUT2D eigenvalue weighted by molar-refractivity contribution is 5.80. The summed E-state index contributed by atoms with van der Waals surface area (Å²) in [5.41, 5.74) is 3.60. The van der Waals surface area contributed by atoms with Gasteiger partial charge < -0.3 is 4.57 Å². The summed E-state index contributed by atoms with van der Waals surface area (Å²) in [6.45, 7) is 1.10. The Morgan fingerprint density at radius 1 is 0.864 bits per heavy atom. The van der Waals surface area contributed by atoms with Crippen LogP contribution < -0.4 is 0 Å². The molecule has 0 saturated heterocycles. The van der Waals surface area contributed by atoms with E-state index in [2.05, 4.69) is 59.2 Å². The van der Waals surface area contributed by atoms with Crippen molar-refractivity contribution >= 4 is 11.0 Å². The second-order valence-electron chi connectivity index (χ2n) is 6.40. The maximum absolute atomic E-state index is 4.91. The van der Waals surface area contributed by atoms with Crippen molar-refractivity contribution < 1.29 is 0 Å². The molecule has 0 atom stereocenters. The van der Waals surface area contributed by atoms with Gasteiger partial charge in [-0.05, 0) is 30.9 Å². The van der Waals surface area contributed by atoms with Crippen molar-refractivity contribution in [1.29, 1.82) is 0 Å². The van der Waals surface area contributed by atoms with Crippen LogP contribution >= 0.6 is 0 Å². The van der Waals surface area contributed by atoms with Crippen molar-refractivity contribution in [2.45, 2.75) is 38.6 Å². The summed E-state index contributed by atoms with van der Waals surface area (Å²) in [6, 6.07) is 19.1. The lowest BCUT2D eigenvalue weighted by Gasteiger charge is -2.23. The Balaban J connectivity index is 1.79. The minimum Gasteiger partial charge on any atom is -0.324 e. The van der Waals surface area contributed by atoms with Gasteiger partial charge in [-0.25, -0.2) is 4.98 Å². The van der Waals surface area contributed by atoms with E-state index in [0.717, 1.165) is 23.8 Å². The van der Waals surface area contributed by atoms with Gasteiger partial charge in [0.1, 0.15) is 5.82 Å². The number of fused-ring (bicyclic) bond motifs is 1. The van der Waals surface area contributed by atoms with Crippen LogP contribution in [0, 0.1) is 5.92 Å². The van der Waals surface area contributed by atoms with Crippen LogP contribution in [-0.2, 0) is 6.54 Å². The van der Waals surface area contributed by atoms with Gasteiger partial charge in [-0.1, -0.05) is 61.7 Å². The lowest BCUT2D eigenvalue weighted by atomic mass is 9.89. The normalized spacial score (nSPS) is 16.2. The van der Waals surface area contributed by atoms with Gasteiger partial charge in [0, 0.05) is 12.1 Å². The number of rotatable bonds is 3. The molecule has 112 valence electrons. The molecule has 1 aliphatic carbocycles. The Morgan fingerprint density at radius 2 is 1.59 bits per heavy atom. The summed E-state index contributed by atoms with van der Waals surface area (Å²) in [5, 5.41) is 0. The molecule has 2 heteroatoms. The van der Waals surface area contributed by atoms with E-state index >= 15 is 0 Å². The molecule has 0 amide bonds. The molecule has 1 aromatic heterocycles. The molecule has 2 nitrogen and oxygen atoms in total. The molecule has 2 aromatic carbocycles. The van der Waals surface area contributed by atoms with Crippen LogP contribution in [0.5, 0.6) is 0 Å². The maximum Gasteiger partial charge on any atom is 0.141 e. The minimum atomic E-state index is 0.800. The van der Waals surface area contributed by atoms with Crippen molar-refractivity contribution in [2.24, 2.45) is 5.92 Å². The first kappa shape index (κ1) is 13.6. The molecule has 1 saturated carbocycles. The van der Waals surface area contributed by atoms with E-state index in [4.69, 9.17) is 4.98 Å². The van der Waals surface area contributed by atoms with E-state index in [0.29, 0.717) is 0 Å². The molecular formula is C20H22N2. The fourth-order valence-electron chi connectivity index (χ4n) is 3.70. The van der Waals surface area contributed by atoms with Crippen molar-refractivity contribution in [3.05, 3.63) is 54.6 Å². The van der Waals surface area contributed by atoms with Gasteiger partial charge in [-0.15, -0.1) is 0 Å². The molecule has 0 radical (unpaired) electrons. The molecule has 0 aliphatic heterocycles. The van der Waals surface area contributed by atoms with Crippen LogP contribution in [0.25, 0.3) is 22.4 Å². The number of hydrogen-bond donors (Lipinski definition) is 0. The van der Waals surface area contributed by atoms with Gasteiger partial charge >= 0.3 is 0 Å². The zero-order valence-electron chi connectivity index (χ0n) is 12.9. The summed E-state index contributed by atoms with van der Waals surface area (Å²) in [7, 11) is 0. The maximum atomic E-state index is 4.91. The largest absolute Gasteiger partial charge is 0.324 e. The molecule has 0 spiro atoms. The SMILES string of the molecule is c1ccc(-c2nc3ccccc3n2CC2CCCCC2)cc1. The molecule has 1 fully saturated rings. The topological polar surface area (TPSA) is 17.8 Å². The molecule has 4 rings (SSSR count). The summed E-state index contributed by atoms with van der Waals surface area (Å²) in [5.74, 6) is 1.92. The van der Waals surface area contributed by atoms with E-state index in [1.807, 2.05) is 0 Å². The van der Waals surface area contributed by atoms with Crippen LogP contribution in [-0.4, -0.2) is 9.55 Å². The molecular weight excluding hydrogens is 268 g/mol. The first-order valence-electron chi connectivity index (χ1n) is 8.42. The quantitative estimate of drug-likeness (QED) is 0.641. The number of para-hydroxylation sites is 2. The first-order chi connectivity index (χ1) is 10.9. The van der Waals surface area contributed by atoms with Gasteiger partial charge in [0.25, 0.3) is 0 Å². The molecule has 0 unspecified atom stereocenters. The van der Waals surface area contributed by atoms with Crippen molar-refractivity contribution in [2.75, 3.05) is 0 Å². The summed E-state index contributed by atoms with van der Waals surface area (Å²) in [6.07, 6.45) is 6.91. The lowest BCUT2D eigenvalue weighted by Crippen LogP contribution is -2.14. The molecule has 0 N–H and O–H groups in total. The Morgan fingerprint density at radius 3 is 2.41 bits per heavy atom. The number of imidazole rings is 1. The minimum absolute atomic E-state index is 0.800. The van der Waals surface area contributed by atoms with Crippen molar-refractivity contribution in [1.82, 2.24) is 9.55 Å². The monoisotopic (exact) mass is 290 g/mol. The smallest absolute Gasteiger partial charge is 0.141 e. The number of benzene rings is 2. The van der Waals surface area contributed by atoms with Gasteiger partial charge in [0.2, 0.25) is 0 Å². The third-order valence-electron chi connectivity index (χ3n) is 4.85. The van der Waals surface area contributed by atoms with E-state index in [1.54, 1.807) is 0 Å². The zero-order valence-corrected chi connectivity index (χ0v) is 12.9. The molecule has 1 aliphatic rings. The highest BCUT2D eigenvalue weighted by atomic mass is 15.1. The van der Waals surface area contributed by atoms with Crippen LogP contribution in [0.3, 0.4) is 0 Å². The van der Waals surface area contributed by atoms with Crippen molar-refractivity contribution in [3.8, 4) is 11.4 Å². The summed E-state index contributed by atoms with van der Waals surface area (Å²) >= 11 is 0. The van der Waals surface area contributed by atoms with Gasteiger partial charge in [-0.3, -0.25) is 0 Å². The van der Waals surface area contributed by atoms with Crippen molar-refractivity contribution in [3.63, 3.8) is 0 Å². The van der Waals surface area contributed by atoms with E-state index in [-0.39, 0.29) is 0 Å². The first-order valence-corrected chi connectivity index (χ1v) is 8.42. The number of hydrogen-bond acceptors (Lipinski definition) is 1. The second kappa shape index (κ2) is 5.96. The van der Waals surface area contributed by atoms with E-state index in [1.165, 1.54) is 43.2 Å². The molecule has 0 bridgehead atoms. The van der Waals surface area contributed by atoms with Gasteiger partial charge in [-0.2, -0.15) is 0 Å². The summed E-state index contributed by atoms with van der Waals surface area (Å²) in [4.78, 5) is 4.91. The Hall–Kier alpha value is -2.09. The predicted octanol–water partition coefficient (Wildman–Crippen LogP) is 5.28. The van der Waals surface area contributed by atoms with Crippen LogP contribution in [0.4, 0.5) is 0 Å². The predicted molar refractivity (Wildman–Crippen MR) is 91.7 cm³/mol. The average Bonchev–Trinajstić information content (AvgIpc) is 2.95. The fraction of sp³-hybridized carbons (Fsp3) is 0.350. The number of aromatic nitrogens is 2. The van der Waals surface area contributed by atoms with Crippen LogP contribution in [0.15, 0.2) is 54.6 Å². The van der Waals surface area contributed by atoms with Gasteiger partial charge in [0.15, 0.2) is 0 Å². The Labute approximate surface area is 131 Å². The number of nitrogens with zero attached hydrogens (tertiary/aromatic N) is 2. The highest BCUT2D eigenvalue weighted by Crippen LogP contribution is 2.30. The van der Waals surface area contributed by atoms with Crippen LogP contribution in [0.1, 0.15) is 32.1 Å². The fourth-order valence-corrected chi connectivity index (χ4v) is 3.70. The molecule has 1 heterocycles. The molecule has 3 aromatic rings. The Kier molecular flexibility index (Phi) is 3.67. The summed E-state index contributed by atoms with van der Waals surface area (Å²) < 4.78 is 2.45. The molecule has 22 heavy (non-hydrogen) atoms. The zero-order chi connectivity index (χ0) is 14.8. The third kappa shape index (κ3) is 2.54. The van der Waals surface area contributed by atoms with Crippen LogP contribution in [0.2, 0.25) is 0 Å². The second-order valence-corrected chi connectivity index (χ2v) is 6.40.